The quantitative estimate of drug-likeness (QED) is 0.756. The number of hydrogen-bond acceptors (Lipinski definition) is 4. The van der Waals surface area contributed by atoms with Crippen LogP contribution in [0.1, 0.15) is 11.1 Å². The van der Waals surface area contributed by atoms with E-state index in [9.17, 15) is 16.8 Å². The van der Waals surface area contributed by atoms with Crippen molar-refractivity contribution in [3.63, 3.8) is 0 Å². The van der Waals surface area contributed by atoms with E-state index in [0.717, 1.165) is 9.87 Å². The van der Waals surface area contributed by atoms with Crippen LogP contribution in [0.2, 0.25) is 0 Å². The van der Waals surface area contributed by atoms with Gasteiger partial charge >= 0.3 is 0 Å². The first kappa shape index (κ1) is 19.4. The third kappa shape index (κ3) is 5.84. The largest absolute Gasteiger partial charge is 0.273 e. The molecule has 0 bridgehead atoms. The van der Waals surface area contributed by atoms with Crippen LogP contribution in [0.5, 0.6) is 0 Å². The Bertz CT molecular complexity index is 893. The third-order valence-electron chi connectivity index (χ3n) is 3.70. The molecule has 2 aromatic carbocycles. The molecule has 2 aromatic rings. The monoisotopic (exact) mass is 382 g/mol. The van der Waals surface area contributed by atoms with E-state index >= 15 is 0 Å². The fourth-order valence-electron chi connectivity index (χ4n) is 2.22. The molecule has 0 aromatic heterocycles. The van der Waals surface area contributed by atoms with Gasteiger partial charge in [0, 0.05) is 13.6 Å². The van der Waals surface area contributed by atoms with Crippen LogP contribution in [0.4, 0.5) is 5.69 Å². The first-order valence-corrected chi connectivity index (χ1v) is 11.0. The Morgan fingerprint density at radius 3 is 2.12 bits per heavy atom. The zero-order chi connectivity index (χ0) is 18.5. The minimum atomic E-state index is -3.61. The van der Waals surface area contributed by atoms with Gasteiger partial charge in [-0.2, -0.15) is 0 Å². The Kier molecular flexibility index (Phi) is 6.21. The van der Waals surface area contributed by atoms with Crippen molar-refractivity contribution in [2.24, 2.45) is 0 Å². The lowest BCUT2D eigenvalue weighted by Gasteiger charge is -2.19. The van der Waals surface area contributed by atoms with Gasteiger partial charge in [-0.1, -0.05) is 48.0 Å². The summed E-state index contributed by atoms with van der Waals surface area (Å²) in [4.78, 5) is 0. The van der Waals surface area contributed by atoms with Crippen molar-refractivity contribution in [3.8, 4) is 0 Å². The molecule has 0 fully saturated rings. The fourth-order valence-corrected chi connectivity index (χ4v) is 4.57. The highest BCUT2D eigenvalue weighted by molar-refractivity contribution is 7.92. The molecule has 1 N–H and O–H groups in total. The van der Waals surface area contributed by atoms with E-state index in [1.807, 2.05) is 19.1 Å². The maximum Gasteiger partial charge on any atom is 0.236 e. The zero-order valence-electron chi connectivity index (χ0n) is 14.2. The number of aryl methyl sites for hydroxylation is 1. The van der Waals surface area contributed by atoms with Gasteiger partial charge in [-0.05, 0) is 24.6 Å². The molecule has 8 heteroatoms. The number of benzene rings is 2. The Morgan fingerprint density at radius 2 is 1.52 bits per heavy atom. The highest BCUT2D eigenvalue weighted by Gasteiger charge is 2.19. The average molecular weight is 383 g/mol. The molecule has 0 aliphatic carbocycles. The van der Waals surface area contributed by atoms with E-state index in [4.69, 9.17) is 0 Å². The molecule has 0 saturated heterocycles. The third-order valence-corrected chi connectivity index (χ3v) is 6.82. The maximum atomic E-state index is 12.3. The van der Waals surface area contributed by atoms with Crippen LogP contribution in [-0.4, -0.2) is 36.2 Å². The summed E-state index contributed by atoms with van der Waals surface area (Å²) in [5.41, 5.74) is 2.23. The van der Waals surface area contributed by atoms with Crippen molar-refractivity contribution in [1.29, 1.82) is 0 Å². The van der Waals surface area contributed by atoms with Crippen molar-refractivity contribution >= 4 is 25.7 Å². The Labute approximate surface area is 149 Å². The van der Waals surface area contributed by atoms with E-state index < -0.39 is 20.0 Å². The second kappa shape index (κ2) is 7.99. The number of para-hydroxylation sites is 1. The molecular formula is C17H22N2O4S2. The highest BCUT2D eigenvalue weighted by atomic mass is 32.2. The topological polar surface area (TPSA) is 83.5 Å². The second-order valence-corrected chi connectivity index (χ2v) is 9.68. The van der Waals surface area contributed by atoms with Crippen LogP contribution in [0, 0.1) is 6.92 Å². The molecule has 0 aliphatic rings. The first-order chi connectivity index (χ1) is 11.7. The molecule has 25 heavy (non-hydrogen) atoms. The molecule has 6 nitrogen and oxygen atoms in total. The highest BCUT2D eigenvalue weighted by Crippen LogP contribution is 2.15. The summed E-state index contributed by atoms with van der Waals surface area (Å²) in [5.74, 6) is -0.493. The standard InChI is InChI=1S/C17H22N2O4S2/c1-15-8-10-16(11-9-15)14-24(20,21)18-12-13-25(22,23)19(2)17-6-4-3-5-7-17/h3-11,18H,12-14H2,1-2H3. The summed E-state index contributed by atoms with van der Waals surface area (Å²) in [5, 5.41) is 0. The summed E-state index contributed by atoms with van der Waals surface area (Å²) in [6.07, 6.45) is 0. The normalized spacial score (nSPS) is 12.1. The molecule has 0 amide bonds. The SMILES string of the molecule is Cc1ccc(CS(=O)(=O)NCCS(=O)(=O)N(C)c2ccccc2)cc1. The smallest absolute Gasteiger partial charge is 0.236 e. The van der Waals surface area contributed by atoms with Crippen molar-refractivity contribution in [3.05, 3.63) is 65.7 Å². The summed E-state index contributed by atoms with van der Waals surface area (Å²) < 4.78 is 52.3. The minimum Gasteiger partial charge on any atom is -0.273 e. The van der Waals surface area contributed by atoms with E-state index in [1.54, 1.807) is 42.5 Å². The Hall–Kier alpha value is -1.90. The molecule has 0 aliphatic heterocycles. The number of sulfonamides is 2. The van der Waals surface area contributed by atoms with Crippen molar-refractivity contribution in [1.82, 2.24) is 4.72 Å². The van der Waals surface area contributed by atoms with Gasteiger partial charge in [0.25, 0.3) is 0 Å². The Morgan fingerprint density at radius 1 is 0.920 bits per heavy atom. The van der Waals surface area contributed by atoms with Crippen LogP contribution in [0.15, 0.2) is 54.6 Å². The van der Waals surface area contributed by atoms with Gasteiger partial charge in [-0.25, -0.2) is 21.6 Å². The van der Waals surface area contributed by atoms with E-state index in [0.29, 0.717) is 11.3 Å². The van der Waals surface area contributed by atoms with Gasteiger partial charge in [0.1, 0.15) is 0 Å². The molecule has 0 saturated carbocycles. The lowest BCUT2D eigenvalue weighted by Crippen LogP contribution is -2.36. The van der Waals surface area contributed by atoms with Gasteiger partial charge in [0.05, 0.1) is 17.2 Å². The lowest BCUT2D eigenvalue weighted by atomic mass is 10.2. The number of rotatable bonds is 8. The fraction of sp³-hybridized carbons (Fsp3) is 0.294. The van der Waals surface area contributed by atoms with Crippen LogP contribution >= 0.6 is 0 Å². The molecule has 2 rings (SSSR count). The molecule has 0 unspecified atom stereocenters. The van der Waals surface area contributed by atoms with Crippen molar-refractivity contribution in [2.75, 3.05) is 23.7 Å². The maximum absolute atomic E-state index is 12.3. The van der Waals surface area contributed by atoms with Gasteiger partial charge < -0.3 is 0 Å². The van der Waals surface area contributed by atoms with Crippen LogP contribution < -0.4 is 9.03 Å². The van der Waals surface area contributed by atoms with Crippen LogP contribution in [-0.2, 0) is 25.8 Å². The number of anilines is 1. The predicted molar refractivity (Wildman–Crippen MR) is 100 cm³/mol. The summed E-state index contributed by atoms with van der Waals surface area (Å²) in [6.45, 7) is 1.75. The van der Waals surface area contributed by atoms with Crippen molar-refractivity contribution < 1.29 is 16.8 Å². The number of nitrogens with one attached hydrogen (secondary N) is 1. The molecule has 0 heterocycles. The summed E-state index contributed by atoms with van der Waals surface area (Å²) >= 11 is 0. The average Bonchev–Trinajstić information content (AvgIpc) is 2.56. The zero-order valence-corrected chi connectivity index (χ0v) is 15.8. The number of hydrogen-bond donors (Lipinski definition) is 1. The molecular weight excluding hydrogens is 360 g/mol. The van der Waals surface area contributed by atoms with E-state index in [-0.39, 0.29) is 18.1 Å². The number of nitrogens with zero attached hydrogens (tertiary/aromatic N) is 1. The molecule has 0 spiro atoms. The van der Waals surface area contributed by atoms with Gasteiger partial charge in [0.2, 0.25) is 20.0 Å². The van der Waals surface area contributed by atoms with E-state index in [1.165, 1.54) is 7.05 Å². The molecule has 136 valence electrons. The minimum absolute atomic E-state index is 0.173. The van der Waals surface area contributed by atoms with Crippen molar-refractivity contribution in [2.45, 2.75) is 12.7 Å². The van der Waals surface area contributed by atoms with Gasteiger partial charge in [0.15, 0.2) is 0 Å². The Balaban J connectivity index is 1.93. The first-order valence-electron chi connectivity index (χ1n) is 7.74. The van der Waals surface area contributed by atoms with Gasteiger partial charge in [-0.15, -0.1) is 0 Å². The predicted octanol–water partition coefficient (Wildman–Crippen LogP) is 1.88. The van der Waals surface area contributed by atoms with Crippen LogP contribution in [0.3, 0.4) is 0 Å². The lowest BCUT2D eigenvalue weighted by molar-refractivity contribution is 0.580. The summed E-state index contributed by atoms with van der Waals surface area (Å²) in [6, 6.07) is 15.8. The van der Waals surface area contributed by atoms with Crippen LogP contribution in [0.25, 0.3) is 0 Å². The second-order valence-electron chi connectivity index (χ2n) is 5.76. The summed E-state index contributed by atoms with van der Waals surface area (Å²) in [7, 11) is -5.75. The molecule has 0 radical (unpaired) electrons. The van der Waals surface area contributed by atoms with E-state index in [2.05, 4.69) is 4.72 Å². The molecule has 0 atom stereocenters. The van der Waals surface area contributed by atoms with Gasteiger partial charge in [-0.3, -0.25) is 4.31 Å².